The molecule has 7 heteroatoms. The fourth-order valence-electron chi connectivity index (χ4n) is 3.15. The highest BCUT2D eigenvalue weighted by atomic mass is 32.1. The molecule has 0 radical (unpaired) electrons. The summed E-state index contributed by atoms with van der Waals surface area (Å²) in [5, 5.41) is 6.51. The van der Waals surface area contributed by atoms with E-state index in [1.54, 1.807) is 28.2 Å². The molecule has 0 saturated carbocycles. The van der Waals surface area contributed by atoms with Crippen molar-refractivity contribution in [2.45, 2.75) is 13.8 Å². The summed E-state index contributed by atoms with van der Waals surface area (Å²) in [5.74, 6) is 0.528. The standard InChI is InChI=1S/C18H13N5OS/c1-9-10(2)25-18-15(9)17-21-16(22-23(17)8-19-18)12-7-14(24)20-13-6-4-3-5-11(12)13/h3-8H,1-2H3,(H,20,24). The van der Waals surface area contributed by atoms with Crippen molar-refractivity contribution >= 4 is 38.1 Å². The minimum atomic E-state index is -0.168. The lowest BCUT2D eigenvalue weighted by Crippen LogP contribution is -2.05. The zero-order valence-corrected chi connectivity index (χ0v) is 14.4. The minimum Gasteiger partial charge on any atom is -0.322 e. The number of H-pyrrole nitrogens is 1. The molecule has 0 atom stereocenters. The lowest BCUT2D eigenvalue weighted by molar-refractivity contribution is 0.940. The van der Waals surface area contributed by atoms with Gasteiger partial charge in [-0.25, -0.2) is 14.5 Å². The second-order valence-corrected chi connectivity index (χ2v) is 7.21. The van der Waals surface area contributed by atoms with Gasteiger partial charge in [-0.3, -0.25) is 4.79 Å². The number of aryl methyl sites for hydroxylation is 2. The molecule has 0 aliphatic heterocycles. The van der Waals surface area contributed by atoms with Gasteiger partial charge in [0.2, 0.25) is 5.56 Å². The van der Waals surface area contributed by atoms with Crippen LogP contribution in [0.25, 0.3) is 38.2 Å². The Morgan fingerprint density at radius 3 is 2.92 bits per heavy atom. The summed E-state index contributed by atoms with van der Waals surface area (Å²) in [4.78, 5) is 26.3. The Labute approximate surface area is 145 Å². The van der Waals surface area contributed by atoms with E-state index < -0.39 is 0 Å². The van der Waals surface area contributed by atoms with Crippen LogP contribution in [0.4, 0.5) is 0 Å². The van der Waals surface area contributed by atoms with Crippen LogP contribution in [0.2, 0.25) is 0 Å². The monoisotopic (exact) mass is 347 g/mol. The van der Waals surface area contributed by atoms with Gasteiger partial charge >= 0.3 is 0 Å². The van der Waals surface area contributed by atoms with Crippen molar-refractivity contribution in [2.24, 2.45) is 0 Å². The molecule has 0 aliphatic carbocycles. The fraction of sp³-hybridized carbons (Fsp3) is 0.111. The van der Waals surface area contributed by atoms with Gasteiger partial charge in [0.1, 0.15) is 11.2 Å². The number of nitrogens with zero attached hydrogens (tertiary/aromatic N) is 4. The van der Waals surface area contributed by atoms with Crippen molar-refractivity contribution in [2.75, 3.05) is 0 Å². The Morgan fingerprint density at radius 1 is 1.20 bits per heavy atom. The zero-order chi connectivity index (χ0) is 17.1. The average Bonchev–Trinajstić information content (AvgIpc) is 3.15. The lowest BCUT2D eigenvalue weighted by Gasteiger charge is -2.01. The van der Waals surface area contributed by atoms with E-state index in [9.17, 15) is 4.79 Å². The quantitative estimate of drug-likeness (QED) is 0.504. The van der Waals surface area contributed by atoms with Crippen LogP contribution >= 0.6 is 11.3 Å². The van der Waals surface area contributed by atoms with Crippen LogP contribution in [0.3, 0.4) is 0 Å². The molecule has 0 amide bonds. The van der Waals surface area contributed by atoms with Gasteiger partial charge in [-0.2, -0.15) is 0 Å². The fourth-order valence-corrected chi connectivity index (χ4v) is 4.14. The van der Waals surface area contributed by atoms with E-state index in [-0.39, 0.29) is 5.56 Å². The number of thiophene rings is 1. The molecule has 25 heavy (non-hydrogen) atoms. The molecule has 0 aliphatic rings. The topological polar surface area (TPSA) is 75.9 Å². The van der Waals surface area contributed by atoms with E-state index in [1.807, 2.05) is 24.3 Å². The maximum Gasteiger partial charge on any atom is 0.249 e. The van der Waals surface area contributed by atoms with E-state index in [4.69, 9.17) is 4.98 Å². The maximum absolute atomic E-state index is 12.0. The zero-order valence-electron chi connectivity index (χ0n) is 13.6. The van der Waals surface area contributed by atoms with Crippen LogP contribution in [0, 0.1) is 13.8 Å². The highest BCUT2D eigenvalue weighted by Crippen LogP contribution is 2.32. The van der Waals surface area contributed by atoms with Crippen LogP contribution in [0.15, 0.2) is 41.5 Å². The summed E-state index contributed by atoms with van der Waals surface area (Å²) >= 11 is 1.66. The Hall–Kier alpha value is -3.06. The van der Waals surface area contributed by atoms with Crippen molar-refractivity contribution in [1.29, 1.82) is 0 Å². The third-order valence-corrected chi connectivity index (χ3v) is 5.61. The van der Waals surface area contributed by atoms with Crippen LogP contribution < -0.4 is 5.56 Å². The normalized spacial score (nSPS) is 11.8. The first-order valence-electron chi connectivity index (χ1n) is 7.85. The second-order valence-electron chi connectivity index (χ2n) is 6.00. The third kappa shape index (κ3) is 2.02. The Kier molecular flexibility index (Phi) is 2.84. The van der Waals surface area contributed by atoms with Gasteiger partial charge in [0.05, 0.1) is 5.39 Å². The molecular weight excluding hydrogens is 334 g/mol. The number of aromatic nitrogens is 5. The van der Waals surface area contributed by atoms with Gasteiger partial charge in [-0.05, 0) is 25.5 Å². The highest BCUT2D eigenvalue weighted by Gasteiger charge is 2.16. The number of pyridine rings is 1. The first kappa shape index (κ1) is 14.3. The smallest absolute Gasteiger partial charge is 0.249 e. The van der Waals surface area contributed by atoms with Gasteiger partial charge in [0.15, 0.2) is 11.5 Å². The van der Waals surface area contributed by atoms with Crippen LogP contribution in [0.1, 0.15) is 10.4 Å². The highest BCUT2D eigenvalue weighted by molar-refractivity contribution is 7.18. The molecule has 122 valence electrons. The van der Waals surface area contributed by atoms with Crippen molar-refractivity contribution < 1.29 is 0 Å². The van der Waals surface area contributed by atoms with E-state index in [0.717, 1.165) is 32.3 Å². The second kappa shape index (κ2) is 4.97. The molecule has 1 N–H and O–H groups in total. The number of hydrogen-bond donors (Lipinski definition) is 1. The lowest BCUT2D eigenvalue weighted by atomic mass is 10.1. The molecule has 5 aromatic rings. The Balaban J connectivity index is 1.88. The summed E-state index contributed by atoms with van der Waals surface area (Å²) in [5.41, 5.74) is 3.27. The third-order valence-electron chi connectivity index (χ3n) is 4.50. The minimum absolute atomic E-state index is 0.168. The molecule has 4 aromatic heterocycles. The molecule has 5 rings (SSSR count). The van der Waals surface area contributed by atoms with Crippen LogP contribution in [0.5, 0.6) is 0 Å². The summed E-state index contributed by atoms with van der Waals surface area (Å²) in [6, 6.07) is 9.21. The first-order valence-corrected chi connectivity index (χ1v) is 8.67. The van der Waals surface area contributed by atoms with E-state index in [2.05, 4.69) is 28.9 Å². The molecule has 0 saturated heterocycles. The van der Waals surface area contributed by atoms with E-state index in [1.165, 1.54) is 10.4 Å². The van der Waals surface area contributed by atoms with Crippen molar-refractivity contribution in [3.05, 3.63) is 57.5 Å². The molecular formula is C18H13N5OS. The van der Waals surface area contributed by atoms with Gasteiger partial charge in [0, 0.05) is 27.4 Å². The van der Waals surface area contributed by atoms with E-state index in [0.29, 0.717) is 5.82 Å². The molecule has 0 bridgehead atoms. The number of aromatic amines is 1. The average molecular weight is 347 g/mol. The van der Waals surface area contributed by atoms with Gasteiger partial charge in [-0.15, -0.1) is 16.4 Å². The number of fused-ring (bicyclic) bond motifs is 4. The molecule has 4 heterocycles. The summed E-state index contributed by atoms with van der Waals surface area (Å²) in [6.45, 7) is 4.16. The Morgan fingerprint density at radius 2 is 2.04 bits per heavy atom. The molecule has 1 aromatic carbocycles. The van der Waals surface area contributed by atoms with E-state index >= 15 is 0 Å². The maximum atomic E-state index is 12.0. The molecule has 0 unspecified atom stereocenters. The van der Waals surface area contributed by atoms with Gasteiger partial charge < -0.3 is 4.98 Å². The summed E-state index contributed by atoms with van der Waals surface area (Å²) in [7, 11) is 0. The molecule has 0 spiro atoms. The Bertz CT molecular complexity index is 1340. The van der Waals surface area contributed by atoms with Crippen molar-refractivity contribution in [3.63, 3.8) is 0 Å². The van der Waals surface area contributed by atoms with Gasteiger partial charge in [0.25, 0.3) is 0 Å². The SMILES string of the molecule is Cc1sc2ncn3nc(-c4cc(=O)[nH]c5ccccc45)nc3c2c1C. The number of hydrogen-bond acceptors (Lipinski definition) is 5. The first-order chi connectivity index (χ1) is 12.1. The summed E-state index contributed by atoms with van der Waals surface area (Å²) in [6.07, 6.45) is 1.68. The molecule has 6 nitrogen and oxygen atoms in total. The van der Waals surface area contributed by atoms with Crippen molar-refractivity contribution in [1.82, 2.24) is 24.6 Å². The van der Waals surface area contributed by atoms with Crippen LogP contribution in [-0.4, -0.2) is 24.6 Å². The van der Waals surface area contributed by atoms with Crippen molar-refractivity contribution in [3.8, 4) is 11.4 Å². The van der Waals surface area contributed by atoms with Crippen LogP contribution in [-0.2, 0) is 0 Å². The number of para-hydroxylation sites is 1. The number of benzene rings is 1. The summed E-state index contributed by atoms with van der Waals surface area (Å²) < 4.78 is 1.69. The van der Waals surface area contributed by atoms with Gasteiger partial charge in [-0.1, -0.05) is 18.2 Å². The molecule has 0 fully saturated rings. The predicted molar refractivity (Wildman–Crippen MR) is 99.2 cm³/mol. The number of rotatable bonds is 1. The predicted octanol–water partition coefficient (Wildman–Crippen LogP) is 3.46. The largest absolute Gasteiger partial charge is 0.322 e. The number of nitrogens with one attached hydrogen (secondary N) is 1.